The minimum absolute atomic E-state index is 0. The van der Waals surface area contributed by atoms with Gasteiger partial charge >= 0.3 is 0 Å². The lowest BCUT2D eigenvalue weighted by atomic mass is 9.46. The number of halogens is 1. The number of ether oxygens (including phenoxy) is 1. The van der Waals surface area contributed by atoms with Crippen molar-refractivity contribution < 1.29 is 4.74 Å². The van der Waals surface area contributed by atoms with Gasteiger partial charge in [0.15, 0.2) is 5.96 Å². The normalized spacial score (nSPS) is 29.4. The molecule has 2 N–H and O–H groups in total. The Bertz CT molecular complexity index is 470. The van der Waals surface area contributed by atoms with Crippen molar-refractivity contribution in [1.82, 2.24) is 15.5 Å². The van der Waals surface area contributed by atoms with Crippen LogP contribution in [0.4, 0.5) is 0 Å². The summed E-state index contributed by atoms with van der Waals surface area (Å²) in [5, 5.41) is 7.25. The maximum atomic E-state index is 6.04. The van der Waals surface area contributed by atoms with Crippen LogP contribution in [0.5, 0.6) is 0 Å². The maximum absolute atomic E-state index is 6.04. The quantitative estimate of drug-likeness (QED) is 0.335. The molecular formula is C20H39IN4O. The molecule has 3 atom stereocenters. The number of guanidine groups is 1. The van der Waals surface area contributed by atoms with Crippen LogP contribution in [0.25, 0.3) is 0 Å². The van der Waals surface area contributed by atoms with Crippen molar-refractivity contribution in [2.75, 3.05) is 26.2 Å². The fraction of sp³-hybridized carbons (Fsp3) is 0.950. The van der Waals surface area contributed by atoms with Crippen molar-refractivity contribution in [3.8, 4) is 0 Å². The van der Waals surface area contributed by atoms with Gasteiger partial charge in [-0.05, 0) is 53.9 Å². The Balaban J connectivity index is 0.00000243. The molecule has 3 fully saturated rings. The van der Waals surface area contributed by atoms with Gasteiger partial charge in [0.1, 0.15) is 0 Å². The highest BCUT2D eigenvalue weighted by atomic mass is 127. The molecule has 2 saturated carbocycles. The second-order valence-electron chi connectivity index (χ2n) is 8.64. The highest BCUT2D eigenvalue weighted by Crippen LogP contribution is 2.62. The van der Waals surface area contributed by atoms with Crippen LogP contribution >= 0.6 is 24.0 Å². The topological polar surface area (TPSA) is 48.9 Å². The second-order valence-corrected chi connectivity index (χ2v) is 8.64. The van der Waals surface area contributed by atoms with Crippen LogP contribution in [0.2, 0.25) is 0 Å². The molecule has 0 bridgehead atoms. The molecule has 6 heteroatoms. The predicted octanol–water partition coefficient (Wildman–Crippen LogP) is 3.24. The van der Waals surface area contributed by atoms with E-state index in [1.807, 2.05) is 0 Å². The van der Waals surface area contributed by atoms with E-state index in [9.17, 15) is 0 Å². The number of hydrogen-bond acceptors (Lipinski definition) is 3. The zero-order chi connectivity index (χ0) is 18.0. The van der Waals surface area contributed by atoms with E-state index in [4.69, 9.17) is 9.73 Å². The summed E-state index contributed by atoms with van der Waals surface area (Å²) in [4.78, 5) is 7.39. The molecule has 2 aliphatic carbocycles. The van der Waals surface area contributed by atoms with E-state index in [0.29, 0.717) is 35.6 Å². The van der Waals surface area contributed by atoms with E-state index in [1.165, 1.54) is 25.7 Å². The van der Waals surface area contributed by atoms with Crippen molar-refractivity contribution in [1.29, 1.82) is 0 Å². The van der Waals surface area contributed by atoms with Crippen LogP contribution in [-0.4, -0.2) is 61.3 Å². The first-order valence-electron chi connectivity index (χ1n) is 10.4. The van der Waals surface area contributed by atoms with E-state index >= 15 is 0 Å². The zero-order valence-corrected chi connectivity index (χ0v) is 19.6. The predicted molar refractivity (Wildman–Crippen MR) is 119 cm³/mol. The molecule has 0 amide bonds. The molecule has 5 nitrogen and oxygen atoms in total. The van der Waals surface area contributed by atoms with Crippen LogP contribution in [-0.2, 0) is 4.74 Å². The summed E-state index contributed by atoms with van der Waals surface area (Å²) in [6.07, 6.45) is 5.71. The maximum Gasteiger partial charge on any atom is 0.191 e. The Morgan fingerprint density at radius 3 is 2.46 bits per heavy atom. The van der Waals surface area contributed by atoms with Crippen molar-refractivity contribution in [3.63, 3.8) is 0 Å². The summed E-state index contributed by atoms with van der Waals surface area (Å²) in [6, 6.07) is 1.68. The van der Waals surface area contributed by atoms with E-state index < -0.39 is 0 Å². The zero-order valence-electron chi connectivity index (χ0n) is 17.3. The fourth-order valence-electron chi connectivity index (χ4n) is 5.31. The number of rotatable bonds is 7. The second kappa shape index (κ2) is 9.41. The molecule has 1 aliphatic heterocycles. The molecule has 0 aromatic rings. The number of nitrogens with zero attached hydrogens (tertiary/aromatic N) is 2. The summed E-state index contributed by atoms with van der Waals surface area (Å²) in [6.45, 7) is 14.9. The summed E-state index contributed by atoms with van der Waals surface area (Å²) in [5.41, 5.74) is 0.402. The summed E-state index contributed by atoms with van der Waals surface area (Å²) >= 11 is 0. The lowest BCUT2D eigenvalue weighted by Gasteiger charge is -2.63. The minimum atomic E-state index is 0. The average molecular weight is 478 g/mol. The third-order valence-corrected chi connectivity index (χ3v) is 6.63. The van der Waals surface area contributed by atoms with Gasteiger partial charge in [-0.1, -0.05) is 6.42 Å². The Morgan fingerprint density at radius 2 is 1.92 bits per heavy atom. The van der Waals surface area contributed by atoms with Gasteiger partial charge in [-0.3, -0.25) is 9.89 Å². The molecule has 3 aliphatic rings. The number of nitrogens with one attached hydrogen (secondary N) is 2. The molecule has 1 heterocycles. The highest BCUT2D eigenvalue weighted by molar-refractivity contribution is 14.0. The van der Waals surface area contributed by atoms with Gasteiger partial charge in [0, 0.05) is 49.2 Å². The molecule has 1 spiro atoms. The van der Waals surface area contributed by atoms with Gasteiger partial charge in [-0.15, -0.1) is 24.0 Å². The monoisotopic (exact) mass is 478 g/mol. The molecular weight excluding hydrogens is 439 g/mol. The van der Waals surface area contributed by atoms with Gasteiger partial charge in [0.2, 0.25) is 0 Å². The lowest BCUT2D eigenvalue weighted by Crippen LogP contribution is -2.72. The third-order valence-electron chi connectivity index (χ3n) is 6.63. The van der Waals surface area contributed by atoms with Crippen molar-refractivity contribution >= 4 is 29.9 Å². The SMILES string of the molecule is CCNC(=NCCN(C(C)C)C(C)C)NC1C2CCOC2C12CCC2.I. The van der Waals surface area contributed by atoms with Crippen molar-refractivity contribution in [2.24, 2.45) is 16.3 Å². The molecule has 3 unspecified atom stereocenters. The standard InChI is InChI=1S/C20H38N4O.HI/c1-6-21-19(22-11-12-24(14(2)3)15(4)5)23-17-16-8-13-25-18(16)20(17)9-7-10-20;/h14-18H,6-13H2,1-5H3,(H2,21,22,23);1H. The minimum Gasteiger partial charge on any atom is -0.377 e. The molecule has 152 valence electrons. The van der Waals surface area contributed by atoms with E-state index in [2.05, 4.69) is 50.2 Å². The van der Waals surface area contributed by atoms with E-state index in [1.54, 1.807) is 0 Å². The summed E-state index contributed by atoms with van der Waals surface area (Å²) < 4.78 is 6.04. The number of hydrogen-bond donors (Lipinski definition) is 2. The Kier molecular flexibility index (Phi) is 8.04. The first kappa shape index (κ1) is 22.2. The van der Waals surface area contributed by atoms with Crippen LogP contribution in [0, 0.1) is 11.3 Å². The molecule has 26 heavy (non-hydrogen) atoms. The summed E-state index contributed by atoms with van der Waals surface area (Å²) in [7, 11) is 0. The van der Waals surface area contributed by atoms with Gasteiger partial charge in [0.05, 0.1) is 12.6 Å². The Hall–Kier alpha value is -0.0800. The van der Waals surface area contributed by atoms with Crippen molar-refractivity contribution in [2.45, 2.75) is 84.5 Å². The molecule has 3 rings (SSSR count). The smallest absolute Gasteiger partial charge is 0.191 e. The van der Waals surface area contributed by atoms with Gasteiger partial charge in [-0.2, -0.15) is 0 Å². The Labute approximate surface area is 177 Å². The van der Waals surface area contributed by atoms with Crippen LogP contribution in [0.1, 0.15) is 60.3 Å². The average Bonchev–Trinajstić information content (AvgIpc) is 2.91. The first-order chi connectivity index (χ1) is 12.0. The van der Waals surface area contributed by atoms with Crippen LogP contribution in [0.15, 0.2) is 4.99 Å². The summed E-state index contributed by atoms with van der Waals surface area (Å²) in [5.74, 6) is 1.68. The van der Waals surface area contributed by atoms with Gasteiger partial charge in [-0.25, -0.2) is 0 Å². The van der Waals surface area contributed by atoms with E-state index in [-0.39, 0.29) is 24.0 Å². The first-order valence-corrected chi connectivity index (χ1v) is 10.4. The number of aliphatic imine (C=N–C) groups is 1. The fourth-order valence-corrected chi connectivity index (χ4v) is 5.31. The highest BCUT2D eigenvalue weighted by Gasteiger charge is 2.66. The van der Waals surface area contributed by atoms with E-state index in [0.717, 1.165) is 32.2 Å². The molecule has 1 saturated heterocycles. The van der Waals surface area contributed by atoms with Crippen LogP contribution < -0.4 is 10.6 Å². The lowest BCUT2D eigenvalue weighted by molar-refractivity contribution is -0.171. The molecule has 0 radical (unpaired) electrons. The Morgan fingerprint density at radius 1 is 1.23 bits per heavy atom. The van der Waals surface area contributed by atoms with Gasteiger partial charge < -0.3 is 15.4 Å². The van der Waals surface area contributed by atoms with Gasteiger partial charge in [0.25, 0.3) is 0 Å². The largest absolute Gasteiger partial charge is 0.377 e. The van der Waals surface area contributed by atoms with Crippen molar-refractivity contribution in [3.05, 3.63) is 0 Å². The molecule has 0 aromatic carbocycles. The third kappa shape index (κ3) is 4.17. The van der Waals surface area contributed by atoms with Crippen LogP contribution in [0.3, 0.4) is 0 Å². The molecule has 0 aromatic heterocycles. The number of fused-ring (bicyclic) bond motifs is 2.